The van der Waals surface area contributed by atoms with Crippen molar-refractivity contribution in [1.29, 1.82) is 0 Å². The Labute approximate surface area is 118 Å². The monoisotopic (exact) mass is 283 g/mol. The molecule has 0 aromatic rings. The molecule has 0 bridgehead atoms. The number of nitrogens with zero attached hydrogens (tertiary/aromatic N) is 1. The van der Waals surface area contributed by atoms with Crippen LogP contribution >= 0.6 is 11.8 Å². The first-order valence-corrected chi connectivity index (χ1v) is 7.88. The lowest BCUT2D eigenvalue weighted by molar-refractivity contribution is -0.151. The number of carbonyl (C=O) groups is 2. The average Bonchev–Trinajstić information content (AvgIpc) is 2.83. The van der Waals surface area contributed by atoms with Gasteiger partial charge in [0.15, 0.2) is 0 Å². The van der Waals surface area contributed by atoms with Crippen molar-refractivity contribution in [1.82, 2.24) is 4.90 Å². The number of hydrogen-bond donors (Lipinski definition) is 1. The van der Waals surface area contributed by atoms with E-state index in [2.05, 4.69) is 6.08 Å². The first kappa shape index (κ1) is 14.4. The molecule has 0 spiro atoms. The molecular formula is C14H21NO3S. The fraction of sp³-hybridized carbons (Fsp3) is 0.714. The summed E-state index contributed by atoms with van der Waals surface area (Å²) in [6, 6.07) is -0.657. The highest BCUT2D eigenvalue weighted by Crippen LogP contribution is 2.36. The molecule has 0 saturated carbocycles. The third kappa shape index (κ3) is 2.96. The Morgan fingerprint density at radius 1 is 1.37 bits per heavy atom. The van der Waals surface area contributed by atoms with Gasteiger partial charge < -0.3 is 10.0 Å². The minimum Gasteiger partial charge on any atom is -0.480 e. The second kappa shape index (κ2) is 5.99. The summed E-state index contributed by atoms with van der Waals surface area (Å²) in [4.78, 5) is 25.6. The number of carboxylic acid groups (broad SMARTS) is 1. The van der Waals surface area contributed by atoms with E-state index in [1.807, 2.05) is 19.9 Å². The highest BCUT2D eigenvalue weighted by molar-refractivity contribution is 8.00. The largest absolute Gasteiger partial charge is 0.480 e. The molecule has 0 radical (unpaired) electrons. The third-order valence-corrected chi connectivity index (χ3v) is 5.38. The molecule has 1 heterocycles. The molecule has 1 N–H and O–H groups in total. The minimum absolute atomic E-state index is 0.000457. The van der Waals surface area contributed by atoms with Crippen molar-refractivity contribution in [2.45, 2.75) is 44.5 Å². The van der Waals surface area contributed by atoms with Crippen LogP contribution in [-0.4, -0.2) is 39.1 Å². The number of allylic oxidation sites excluding steroid dienone is 2. The minimum atomic E-state index is -0.879. The number of carboxylic acids is 1. The maximum absolute atomic E-state index is 12.6. The van der Waals surface area contributed by atoms with Crippen molar-refractivity contribution < 1.29 is 14.7 Å². The molecule has 4 nitrogen and oxygen atoms in total. The van der Waals surface area contributed by atoms with Gasteiger partial charge in [-0.1, -0.05) is 26.0 Å². The van der Waals surface area contributed by atoms with Crippen LogP contribution in [0.4, 0.5) is 0 Å². The molecule has 2 aliphatic rings. The van der Waals surface area contributed by atoms with Crippen LogP contribution in [0.5, 0.6) is 0 Å². The van der Waals surface area contributed by atoms with Crippen LogP contribution in [-0.2, 0) is 9.59 Å². The molecule has 1 fully saturated rings. The molecule has 1 aliphatic heterocycles. The molecule has 1 saturated heterocycles. The van der Waals surface area contributed by atoms with E-state index in [1.165, 1.54) is 0 Å². The van der Waals surface area contributed by atoms with Gasteiger partial charge in [-0.25, -0.2) is 4.79 Å². The Hall–Kier alpha value is -0.970. The summed E-state index contributed by atoms with van der Waals surface area (Å²) in [6.07, 6.45) is 6.64. The molecule has 1 amide bonds. The second-order valence-corrected chi connectivity index (χ2v) is 6.70. The molecule has 106 valence electrons. The number of hydrogen-bond acceptors (Lipinski definition) is 3. The molecule has 3 unspecified atom stereocenters. The van der Waals surface area contributed by atoms with Crippen molar-refractivity contribution in [2.75, 3.05) is 5.75 Å². The van der Waals surface area contributed by atoms with Crippen LogP contribution in [0.1, 0.15) is 33.1 Å². The fourth-order valence-corrected chi connectivity index (χ4v) is 4.22. The lowest BCUT2D eigenvalue weighted by atomic mass is 9.92. The smallest absolute Gasteiger partial charge is 0.327 e. The molecule has 2 rings (SSSR count). The number of carbonyl (C=O) groups excluding carboxylic acids is 1. The van der Waals surface area contributed by atoms with Crippen molar-refractivity contribution in [2.24, 2.45) is 11.8 Å². The van der Waals surface area contributed by atoms with E-state index in [1.54, 1.807) is 16.7 Å². The summed E-state index contributed by atoms with van der Waals surface area (Å²) in [7, 11) is 0. The van der Waals surface area contributed by atoms with Crippen LogP contribution in [0.2, 0.25) is 0 Å². The van der Waals surface area contributed by atoms with E-state index < -0.39 is 12.0 Å². The van der Waals surface area contributed by atoms with Crippen LogP contribution in [0.25, 0.3) is 0 Å². The van der Waals surface area contributed by atoms with Crippen molar-refractivity contribution in [3.8, 4) is 0 Å². The Morgan fingerprint density at radius 3 is 2.63 bits per heavy atom. The van der Waals surface area contributed by atoms with Crippen LogP contribution in [0.3, 0.4) is 0 Å². The van der Waals surface area contributed by atoms with Crippen LogP contribution in [0, 0.1) is 11.8 Å². The number of thioether (sulfide) groups is 1. The molecule has 0 aromatic carbocycles. The Kier molecular flexibility index (Phi) is 4.55. The number of rotatable bonds is 3. The zero-order valence-electron chi connectivity index (χ0n) is 11.4. The molecule has 5 heteroatoms. The van der Waals surface area contributed by atoms with E-state index >= 15 is 0 Å². The molecule has 0 aromatic heterocycles. The lowest BCUT2D eigenvalue weighted by Crippen LogP contribution is -2.49. The Balaban J connectivity index is 2.18. The third-order valence-electron chi connectivity index (χ3n) is 3.76. The normalized spacial score (nSPS) is 30.9. The van der Waals surface area contributed by atoms with Gasteiger partial charge in [-0.15, -0.1) is 11.8 Å². The molecular weight excluding hydrogens is 262 g/mol. The Bertz CT molecular complexity index is 394. The van der Waals surface area contributed by atoms with Gasteiger partial charge in [0, 0.05) is 11.7 Å². The zero-order valence-corrected chi connectivity index (χ0v) is 12.2. The van der Waals surface area contributed by atoms with Gasteiger partial charge in [0.05, 0.1) is 5.37 Å². The number of amides is 1. The van der Waals surface area contributed by atoms with Gasteiger partial charge in [0.2, 0.25) is 5.91 Å². The van der Waals surface area contributed by atoms with Crippen molar-refractivity contribution in [3.63, 3.8) is 0 Å². The number of aliphatic carboxylic acids is 1. The van der Waals surface area contributed by atoms with Crippen molar-refractivity contribution in [3.05, 3.63) is 12.2 Å². The van der Waals surface area contributed by atoms with Gasteiger partial charge in [0.25, 0.3) is 0 Å². The second-order valence-electron chi connectivity index (χ2n) is 5.55. The highest BCUT2D eigenvalue weighted by atomic mass is 32.2. The predicted octanol–water partition coefficient (Wildman–Crippen LogP) is 2.35. The highest BCUT2D eigenvalue weighted by Gasteiger charge is 2.44. The van der Waals surface area contributed by atoms with E-state index in [9.17, 15) is 14.7 Å². The van der Waals surface area contributed by atoms with Gasteiger partial charge in [-0.05, 0) is 25.2 Å². The average molecular weight is 283 g/mol. The van der Waals surface area contributed by atoms with E-state index in [4.69, 9.17) is 0 Å². The summed E-state index contributed by atoms with van der Waals surface area (Å²) >= 11 is 1.59. The molecule has 1 aliphatic carbocycles. The van der Waals surface area contributed by atoms with E-state index in [0.29, 0.717) is 5.75 Å². The predicted molar refractivity (Wildman–Crippen MR) is 75.8 cm³/mol. The van der Waals surface area contributed by atoms with Gasteiger partial charge in [0.1, 0.15) is 6.04 Å². The molecule has 19 heavy (non-hydrogen) atoms. The van der Waals surface area contributed by atoms with Crippen molar-refractivity contribution >= 4 is 23.6 Å². The summed E-state index contributed by atoms with van der Waals surface area (Å²) in [5, 5.41) is 9.31. The van der Waals surface area contributed by atoms with E-state index in [0.717, 1.165) is 19.3 Å². The summed E-state index contributed by atoms with van der Waals surface area (Å²) in [6.45, 7) is 4.09. The van der Waals surface area contributed by atoms with Gasteiger partial charge >= 0.3 is 5.97 Å². The lowest BCUT2D eigenvalue weighted by Gasteiger charge is -2.33. The standard InChI is InChI=1S/C14H21NO3S/c1-9(2)13-15(11(8-19-13)14(17)18)12(16)10-6-4-3-5-7-10/h3-4,9-11,13H,5-8H2,1-2H3,(H,17,18). The zero-order chi connectivity index (χ0) is 14.0. The fourth-order valence-electron chi connectivity index (χ4n) is 2.74. The maximum Gasteiger partial charge on any atom is 0.327 e. The maximum atomic E-state index is 12.6. The summed E-state index contributed by atoms with van der Waals surface area (Å²) in [5.74, 6) is -0.105. The van der Waals surface area contributed by atoms with Gasteiger partial charge in [-0.2, -0.15) is 0 Å². The SMILES string of the molecule is CC(C)C1SCC(C(=O)O)N1C(=O)C1CC=CCC1. The summed E-state index contributed by atoms with van der Waals surface area (Å²) < 4.78 is 0. The van der Waals surface area contributed by atoms with Crippen LogP contribution < -0.4 is 0 Å². The summed E-state index contributed by atoms with van der Waals surface area (Å²) in [5.41, 5.74) is 0. The Morgan fingerprint density at radius 2 is 2.11 bits per heavy atom. The topological polar surface area (TPSA) is 57.6 Å². The quantitative estimate of drug-likeness (QED) is 0.808. The van der Waals surface area contributed by atoms with Gasteiger partial charge in [-0.3, -0.25) is 4.79 Å². The first-order valence-electron chi connectivity index (χ1n) is 6.84. The van der Waals surface area contributed by atoms with Crippen LogP contribution in [0.15, 0.2) is 12.2 Å². The molecule has 3 atom stereocenters. The first-order chi connectivity index (χ1) is 9.02. The van der Waals surface area contributed by atoms with E-state index in [-0.39, 0.29) is 23.1 Å².